The number of fused-ring (bicyclic) bond motifs is 1. The van der Waals surface area contributed by atoms with Crippen LogP contribution in [0.15, 0.2) is 30.9 Å². The van der Waals surface area contributed by atoms with E-state index in [-0.39, 0.29) is 5.54 Å². The first-order chi connectivity index (χ1) is 16.1. The maximum Gasteiger partial charge on any atom is 0.207 e. The maximum atomic E-state index is 11.2. The number of nitrogens with one attached hydrogen (secondary N) is 1. The van der Waals surface area contributed by atoms with Crippen molar-refractivity contribution in [3.8, 4) is 23.1 Å². The molecule has 0 radical (unpaired) electrons. The number of piperidine rings is 2. The molecular weight excluding hydrogens is 418 g/mol. The predicted octanol–water partition coefficient (Wildman–Crippen LogP) is 2.70. The van der Waals surface area contributed by atoms with Gasteiger partial charge in [0.2, 0.25) is 6.41 Å². The van der Waals surface area contributed by atoms with Crippen LogP contribution in [0.2, 0.25) is 0 Å². The molecule has 0 unspecified atom stereocenters. The van der Waals surface area contributed by atoms with Crippen LogP contribution >= 0.6 is 0 Å². The average Bonchev–Trinajstić information content (AvgIpc) is 3.22. The van der Waals surface area contributed by atoms with Crippen LogP contribution in [0.1, 0.15) is 44.6 Å². The molecule has 4 atom stereocenters. The van der Waals surface area contributed by atoms with Crippen molar-refractivity contribution < 1.29 is 9.53 Å². The minimum atomic E-state index is -0.0524. The summed E-state index contributed by atoms with van der Waals surface area (Å²) in [7, 11) is 0. The highest BCUT2D eigenvalue weighted by atomic mass is 16.5. The highest BCUT2D eigenvalue weighted by Crippen LogP contribution is 2.52. The molecular formula is C24H25N7O2. The van der Waals surface area contributed by atoms with Gasteiger partial charge < -0.3 is 15.0 Å². The third-order valence-corrected chi connectivity index (χ3v) is 7.49. The molecule has 4 bridgehead atoms. The zero-order chi connectivity index (χ0) is 22.6. The number of carbonyl (C=O) groups is 1. The molecule has 7 rings (SSSR count). The Kier molecular flexibility index (Phi) is 4.50. The van der Waals surface area contributed by atoms with Crippen LogP contribution in [0.3, 0.4) is 0 Å². The van der Waals surface area contributed by atoms with Crippen LogP contribution in [-0.2, 0) is 4.79 Å². The first kappa shape index (κ1) is 20.0. The van der Waals surface area contributed by atoms with Gasteiger partial charge in [-0.1, -0.05) is 0 Å². The first-order valence-electron chi connectivity index (χ1n) is 11.5. The van der Waals surface area contributed by atoms with E-state index in [2.05, 4.69) is 21.4 Å². The van der Waals surface area contributed by atoms with E-state index in [9.17, 15) is 10.1 Å². The van der Waals surface area contributed by atoms with Gasteiger partial charge >= 0.3 is 0 Å². The highest BCUT2D eigenvalue weighted by Gasteiger charge is 2.54. The Morgan fingerprint density at radius 1 is 1.24 bits per heavy atom. The van der Waals surface area contributed by atoms with Crippen molar-refractivity contribution in [3.05, 3.63) is 36.4 Å². The molecule has 4 aliphatic rings. The van der Waals surface area contributed by atoms with E-state index in [1.165, 1.54) is 0 Å². The molecule has 3 aromatic heterocycles. The molecule has 5 heterocycles. The third-order valence-electron chi connectivity index (χ3n) is 7.49. The summed E-state index contributed by atoms with van der Waals surface area (Å²) < 4.78 is 7.36. The van der Waals surface area contributed by atoms with E-state index >= 15 is 0 Å². The van der Waals surface area contributed by atoms with Gasteiger partial charge in [-0.05, 0) is 51.0 Å². The zero-order valence-electron chi connectivity index (χ0n) is 18.4. The first-order valence-corrected chi connectivity index (χ1v) is 11.5. The van der Waals surface area contributed by atoms with E-state index in [1.807, 2.05) is 19.2 Å². The molecule has 0 aromatic carbocycles. The summed E-state index contributed by atoms with van der Waals surface area (Å²) in [4.78, 5) is 23.2. The number of anilines is 1. The Morgan fingerprint density at radius 3 is 2.73 bits per heavy atom. The molecule has 2 saturated carbocycles. The molecule has 0 spiro atoms. The van der Waals surface area contributed by atoms with E-state index in [1.54, 1.807) is 23.1 Å². The van der Waals surface area contributed by atoms with Gasteiger partial charge in [-0.15, -0.1) is 0 Å². The fourth-order valence-corrected chi connectivity index (χ4v) is 6.51. The minimum absolute atomic E-state index is 0.0524. The average molecular weight is 444 g/mol. The van der Waals surface area contributed by atoms with Crippen LogP contribution in [0.25, 0.3) is 16.8 Å². The Bertz CT molecular complexity index is 1250. The van der Waals surface area contributed by atoms with Gasteiger partial charge in [0.15, 0.2) is 0 Å². The summed E-state index contributed by atoms with van der Waals surface area (Å²) in [5.74, 6) is 2.20. The van der Waals surface area contributed by atoms with E-state index in [0.717, 1.165) is 49.9 Å². The van der Waals surface area contributed by atoms with Crippen molar-refractivity contribution >= 4 is 17.7 Å². The van der Waals surface area contributed by atoms with Gasteiger partial charge in [0.25, 0.3) is 0 Å². The standard InChI is InChI=1S/C24H25N7O2/c1-2-33-19-5-20(23-16(9-25)10-29-30(23)13-19)21-11-27-22(12-26-21)31-17-3-15-4-18(31)8-24(6-15,7-17)28-14-32/h5,10-15,17-18H,2-4,6-8H2,1H3,(H,28,32)/t15-,17-,18+,24-. The molecule has 9 heteroatoms. The van der Waals surface area contributed by atoms with Crippen LogP contribution < -0.4 is 15.0 Å². The SMILES string of the molecule is CCOc1cc(-c2cnc(N3[C@@H]4C[C@@H]5C[C@H]3C[C@@](NC=O)(C5)C4)cn2)c2c(C#N)cnn2c1. The Balaban J connectivity index is 1.35. The number of ether oxygens (including phenoxy) is 1. The summed E-state index contributed by atoms with van der Waals surface area (Å²) in [6, 6.07) is 4.85. The highest BCUT2D eigenvalue weighted by molar-refractivity contribution is 5.83. The summed E-state index contributed by atoms with van der Waals surface area (Å²) in [6.07, 6.45) is 13.1. The summed E-state index contributed by atoms with van der Waals surface area (Å²) in [5, 5.41) is 17.0. The van der Waals surface area contributed by atoms with Crippen LogP contribution in [0.5, 0.6) is 5.75 Å². The van der Waals surface area contributed by atoms with Gasteiger partial charge in [-0.3, -0.25) is 9.78 Å². The summed E-state index contributed by atoms with van der Waals surface area (Å²) >= 11 is 0. The number of nitrogens with zero attached hydrogens (tertiary/aromatic N) is 6. The van der Waals surface area contributed by atoms with Crippen molar-refractivity contribution in [1.82, 2.24) is 24.9 Å². The van der Waals surface area contributed by atoms with Gasteiger partial charge in [-0.2, -0.15) is 10.4 Å². The molecule has 2 aliphatic heterocycles. The lowest BCUT2D eigenvalue weighted by Crippen LogP contribution is -2.68. The predicted molar refractivity (Wildman–Crippen MR) is 121 cm³/mol. The quantitative estimate of drug-likeness (QED) is 0.584. The minimum Gasteiger partial charge on any atom is -0.492 e. The van der Waals surface area contributed by atoms with Gasteiger partial charge in [0.05, 0.1) is 48.2 Å². The Labute approximate surface area is 191 Å². The third kappa shape index (κ3) is 3.12. The lowest BCUT2D eigenvalue weighted by molar-refractivity contribution is -0.113. The van der Waals surface area contributed by atoms with Crippen LogP contribution in [0.4, 0.5) is 5.82 Å². The fourth-order valence-electron chi connectivity index (χ4n) is 6.51. The second-order valence-corrected chi connectivity index (χ2v) is 9.45. The van der Waals surface area contributed by atoms with E-state index in [4.69, 9.17) is 14.7 Å². The van der Waals surface area contributed by atoms with Crippen LogP contribution in [-0.4, -0.2) is 50.2 Å². The zero-order valence-corrected chi connectivity index (χ0v) is 18.4. The smallest absolute Gasteiger partial charge is 0.207 e. The van der Waals surface area contributed by atoms with E-state index in [0.29, 0.717) is 47.1 Å². The molecule has 1 N–H and O–H groups in total. The monoisotopic (exact) mass is 443 g/mol. The largest absolute Gasteiger partial charge is 0.492 e. The number of hydrogen-bond donors (Lipinski definition) is 1. The maximum absolute atomic E-state index is 11.2. The molecule has 168 valence electrons. The topological polar surface area (TPSA) is 108 Å². The van der Waals surface area contributed by atoms with Crippen molar-refractivity contribution in [1.29, 1.82) is 5.26 Å². The Morgan fingerprint density at radius 2 is 2.06 bits per heavy atom. The van der Waals surface area contributed by atoms with Gasteiger partial charge in [0, 0.05) is 23.2 Å². The lowest BCUT2D eigenvalue weighted by Gasteiger charge is -2.61. The second kappa shape index (κ2) is 7.44. The number of rotatable bonds is 6. The summed E-state index contributed by atoms with van der Waals surface area (Å²) in [5.41, 5.74) is 2.56. The number of pyridine rings is 1. The van der Waals surface area contributed by atoms with E-state index < -0.39 is 0 Å². The molecule has 3 aromatic rings. The van der Waals surface area contributed by atoms with Gasteiger partial charge in [-0.25, -0.2) is 9.50 Å². The Hall–Kier alpha value is -3.67. The van der Waals surface area contributed by atoms with Crippen molar-refractivity contribution in [3.63, 3.8) is 0 Å². The number of amides is 1. The molecule has 1 amide bonds. The number of aromatic nitrogens is 4. The molecule has 4 fully saturated rings. The molecule has 2 saturated heterocycles. The number of carbonyl (C=O) groups excluding carboxylic acids is 1. The van der Waals surface area contributed by atoms with Crippen molar-refractivity contribution in [2.24, 2.45) is 5.92 Å². The van der Waals surface area contributed by atoms with Crippen molar-refractivity contribution in [2.75, 3.05) is 11.5 Å². The molecule has 33 heavy (non-hydrogen) atoms. The fraction of sp³-hybridized carbons (Fsp3) is 0.458. The molecule has 2 aliphatic carbocycles. The van der Waals surface area contributed by atoms with Crippen LogP contribution in [0, 0.1) is 17.2 Å². The van der Waals surface area contributed by atoms with Crippen molar-refractivity contribution in [2.45, 2.75) is 56.7 Å². The normalized spacial score (nSPS) is 27.5. The number of hydrogen-bond acceptors (Lipinski definition) is 7. The summed E-state index contributed by atoms with van der Waals surface area (Å²) in [6.45, 7) is 2.46. The molecule has 9 nitrogen and oxygen atoms in total. The van der Waals surface area contributed by atoms with Gasteiger partial charge in [0.1, 0.15) is 17.6 Å². The number of nitriles is 1. The second-order valence-electron chi connectivity index (χ2n) is 9.45. The lowest BCUT2D eigenvalue weighted by atomic mass is 9.59.